The van der Waals surface area contributed by atoms with Crippen LogP contribution in [0, 0.1) is 12.8 Å². The number of carbonyl (C=O) groups excluding carboxylic acids is 1. The van der Waals surface area contributed by atoms with Crippen molar-refractivity contribution >= 4 is 17.4 Å². The van der Waals surface area contributed by atoms with E-state index in [-0.39, 0.29) is 5.91 Å². The van der Waals surface area contributed by atoms with Gasteiger partial charge in [-0.05, 0) is 18.4 Å². The normalized spacial score (nSPS) is 10.7. The van der Waals surface area contributed by atoms with E-state index in [1.165, 1.54) is 6.33 Å². The Bertz CT molecular complexity index is 695. The molecule has 23 heavy (non-hydrogen) atoms. The van der Waals surface area contributed by atoms with Gasteiger partial charge in [0, 0.05) is 26.1 Å². The van der Waals surface area contributed by atoms with Crippen molar-refractivity contribution < 1.29 is 4.79 Å². The van der Waals surface area contributed by atoms with Crippen LogP contribution in [0.15, 0.2) is 30.6 Å². The number of benzene rings is 1. The van der Waals surface area contributed by atoms with Gasteiger partial charge in [-0.15, -0.1) is 0 Å². The smallest absolute Gasteiger partial charge is 0.224 e. The molecule has 0 spiro atoms. The molecule has 0 saturated carbocycles. The van der Waals surface area contributed by atoms with E-state index in [0.717, 1.165) is 16.8 Å². The fourth-order valence-electron chi connectivity index (χ4n) is 2.43. The second kappa shape index (κ2) is 7.22. The Hall–Kier alpha value is -2.43. The number of nitrogens with zero attached hydrogens (tertiary/aromatic N) is 3. The van der Waals surface area contributed by atoms with E-state index in [1.807, 2.05) is 64.0 Å². The van der Waals surface area contributed by atoms with Crippen LogP contribution < -0.4 is 10.2 Å². The van der Waals surface area contributed by atoms with Crippen LogP contribution in [0.4, 0.5) is 11.5 Å². The summed E-state index contributed by atoms with van der Waals surface area (Å²) in [7, 11) is 3.81. The quantitative estimate of drug-likeness (QED) is 0.918. The lowest BCUT2D eigenvalue weighted by Gasteiger charge is -2.20. The van der Waals surface area contributed by atoms with Crippen LogP contribution in [-0.2, 0) is 4.79 Å². The molecule has 0 atom stereocenters. The van der Waals surface area contributed by atoms with Crippen molar-refractivity contribution in [3.63, 3.8) is 0 Å². The molecule has 2 rings (SSSR count). The van der Waals surface area contributed by atoms with E-state index >= 15 is 0 Å². The van der Waals surface area contributed by atoms with Gasteiger partial charge in [-0.3, -0.25) is 4.79 Å². The number of amides is 1. The molecule has 1 heterocycles. The highest BCUT2D eigenvalue weighted by atomic mass is 16.1. The predicted molar refractivity (Wildman–Crippen MR) is 94.6 cm³/mol. The number of nitrogens with one attached hydrogen (secondary N) is 1. The Labute approximate surface area is 137 Å². The molecule has 0 radical (unpaired) electrons. The van der Waals surface area contributed by atoms with Gasteiger partial charge in [0.1, 0.15) is 12.0 Å². The van der Waals surface area contributed by atoms with Crippen molar-refractivity contribution in [1.29, 1.82) is 0 Å². The van der Waals surface area contributed by atoms with E-state index < -0.39 is 0 Å². The minimum atomic E-state index is -0.0206. The van der Waals surface area contributed by atoms with Gasteiger partial charge in [0.2, 0.25) is 5.91 Å². The summed E-state index contributed by atoms with van der Waals surface area (Å²) in [5.41, 5.74) is 3.52. The average Bonchev–Trinajstić information content (AvgIpc) is 2.47. The molecule has 1 amide bonds. The molecule has 0 bridgehead atoms. The second-order valence-corrected chi connectivity index (χ2v) is 6.28. The lowest BCUT2D eigenvalue weighted by molar-refractivity contribution is -0.116. The first-order chi connectivity index (χ1) is 10.9. The maximum atomic E-state index is 12.3. The molecule has 0 aliphatic heterocycles. The van der Waals surface area contributed by atoms with Crippen LogP contribution in [-0.4, -0.2) is 30.0 Å². The molecule has 5 nitrogen and oxygen atoms in total. The van der Waals surface area contributed by atoms with Crippen molar-refractivity contribution in [2.75, 3.05) is 24.3 Å². The van der Waals surface area contributed by atoms with Gasteiger partial charge in [0.15, 0.2) is 5.82 Å². The van der Waals surface area contributed by atoms with E-state index in [1.54, 1.807) is 0 Å². The van der Waals surface area contributed by atoms with Crippen molar-refractivity contribution in [1.82, 2.24) is 9.97 Å². The van der Waals surface area contributed by atoms with Crippen LogP contribution in [0.5, 0.6) is 0 Å². The maximum absolute atomic E-state index is 12.3. The first-order valence-corrected chi connectivity index (χ1v) is 7.78. The van der Waals surface area contributed by atoms with Crippen molar-refractivity contribution in [2.45, 2.75) is 27.2 Å². The number of hydrogen-bond donors (Lipinski definition) is 1. The van der Waals surface area contributed by atoms with E-state index in [0.29, 0.717) is 23.8 Å². The molecule has 5 heteroatoms. The van der Waals surface area contributed by atoms with Crippen LogP contribution >= 0.6 is 0 Å². The second-order valence-electron chi connectivity index (χ2n) is 6.28. The summed E-state index contributed by atoms with van der Waals surface area (Å²) in [6.07, 6.45) is 2.00. The Morgan fingerprint density at radius 3 is 2.52 bits per heavy atom. The van der Waals surface area contributed by atoms with Gasteiger partial charge in [0.05, 0.1) is 5.69 Å². The zero-order chi connectivity index (χ0) is 17.0. The van der Waals surface area contributed by atoms with Gasteiger partial charge < -0.3 is 10.2 Å². The summed E-state index contributed by atoms with van der Waals surface area (Å²) in [6.45, 7) is 6.08. The first-order valence-electron chi connectivity index (χ1n) is 7.78. The monoisotopic (exact) mass is 312 g/mol. The number of carbonyl (C=O) groups is 1. The number of aryl methyl sites for hydroxylation is 1. The van der Waals surface area contributed by atoms with Crippen LogP contribution in [0.1, 0.15) is 25.8 Å². The number of hydrogen-bond acceptors (Lipinski definition) is 4. The SMILES string of the molecule is Cc1ccccc1-c1ncnc(N(C)C)c1NC(=O)CC(C)C. The molecule has 0 aliphatic carbocycles. The summed E-state index contributed by atoms with van der Waals surface area (Å²) >= 11 is 0. The molecule has 0 aliphatic rings. The van der Waals surface area contributed by atoms with Gasteiger partial charge in [-0.1, -0.05) is 38.1 Å². The van der Waals surface area contributed by atoms with Gasteiger partial charge in [0.25, 0.3) is 0 Å². The third-order valence-electron chi connectivity index (χ3n) is 3.51. The van der Waals surface area contributed by atoms with Crippen LogP contribution in [0.3, 0.4) is 0 Å². The van der Waals surface area contributed by atoms with Crippen molar-refractivity contribution in [2.24, 2.45) is 5.92 Å². The van der Waals surface area contributed by atoms with E-state index in [9.17, 15) is 4.79 Å². The molecule has 0 saturated heterocycles. The zero-order valence-corrected chi connectivity index (χ0v) is 14.4. The van der Waals surface area contributed by atoms with E-state index in [2.05, 4.69) is 15.3 Å². The highest BCUT2D eigenvalue weighted by Gasteiger charge is 2.18. The molecule has 2 aromatic rings. The van der Waals surface area contributed by atoms with Crippen molar-refractivity contribution in [3.8, 4) is 11.3 Å². The molecule has 0 unspecified atom stereocenters. The third kappa shape index (κ3) is 4.06. The van der Waals surface area contributed by atoms with Crippen LogP contribution in [0.2, 0.25) is 0 Å². The lowest BCUT2D eigenvalue weighted by Crippen LogP contribution is -2.20. The average molecular weight is 312 g/mol. The number of aromatic nitrogens is 2. The molecule has 122 valence electrons. The summed E-state index contributed by atoms with van der Waals surface area (Å²) in [4.78, 5) is 22.9. The summed E-state index contributed by atoms with van der Waals surface area (Å²) in [5, 5.41) is 3.01. The summed E-state index contributed by atoms with van der Waals surface area (Å²) < 4.78 is 0. The highest BCUT2D eigenvalue weighted by Crippen LogP contribution is 2.34. The number of anilines is 2. The van der Waals surface area contributed by atoms with Gasteiger partial charge in [-0.25, -0.2) is 9.97 Å². The Morgan fingerprint density at radius 2 is 1.91 bits per heavy atom. The van der Waals surface area contributed by atoms with Crippen LogP contribution in [0.25, 0.3) is 11.3 Å². The Kier molecular flexibility index (Phi) is 5.32. The molecule has 1 aromatic heterocycles. The summed E-state index contributed by atoms with van der Waals surface area (Å²) in [5.74, 6) is 0.979. The molecule has 1 aromatic carbocycles. The summed E-state index contributed by atoms with van der Waals surface area (Å²) in [6, 6.07) is 8.01. The Morgan fingerprint density at radius 1 is 1.22 bits per heavy atom. The molecule has 1 N–H and O–H groups in total. The minimum Gasteiger partial charge on any atom is -0.361 e. The van der Waals surface area contributed by atoms with Gasteiger partial charge in [-0.2, -0.15) is 0 Å². The molecule has 0 fully saturated rings. The minimum absolute atomic E-state index is 0.0206. The first kappa shape index (κ1) is 16.9. The molecular weight excluding hydrogens is 288 g/mol. The maximum Gasteiger partial charge on any atom is 0.224 e. The standard InChI is InChI=1S/C18H24N4O/c1-12(2)10-15(23)21-17-16(14-9-7-6-8-13(14)3)19-11-20-18(17)22(4)5/h6-9,11-12H,10H2,1-5H3,(H,21,23). The largest absolute Gasteiger partial charge is 0.361 e. The third-order valence-corrected chi connectivity index (χ3v) is 3.51. The van der Waals surface area contributed by atoms with Crippen molar-refractivity contribution in [3.05, 3.63) is 36.2 Å². The van der Waals surface area contributed by atoms with Gasteiger partial charge >= 0.3 is 0 Å². The Balaban J connectivity index is 2.52. The number of rotatable bonds is 5. The molecular formula is C18H24N4O. The highest BCUT2D eigenvalue weighted by molar-refractivity contribution is 5.98. The zero-order valence-electron chi connectivity index (χ0n) is 14.4. The fraction of sp³-hybridized carbons (Fsp3) is 0.389. The fourth-order valence-corrected chi connectivity index (χ4v) is 2.43. The van der Waals surface area contributed by atoms with E-state index in [4.69, 9.17) is 0 Å². The topological polar surface area (TPSA) is 58.1 Å². The lowest BCUT2D eigenvalue weighted by atomic mass is 10.0. The predicted octanol–water partition coefficient (Wildman–Crippen LogP) is 3.50.